The highest BCUT2D eigenvalue weighted by Crippen LogP contribution is 2.28. The topological polar surface area (TPSA) is 37.8 Å². The lowest BCUT2D eigenvalue weighted by Crippen LogP contribution is -2.08. The number of benzene rings is 1. The molecule has 3 nitrogen and oxygen atoms in total. The zero-order valence-corrected chi connectivity index (χ0v) is 14.8. The molecule has 0 aliphatic heterocycles. The van der Waals surface area contributed by atoms with Crippen LogP contribution in [-0.4, -0.2) is 16.5 Å². The summed E-state index contributed by atoms with van der Waals surface area (Å²) >= 11 is 0. The van der Waals surface area contributed by atoms with Gasteiger partial charge in [0.15, 0.2) is 0 Å². The van der Waals surface area contributed by atoms with E-state index in [0.29, 0.717) is 0 Å². The van der Waals surface area contributed by atoms with Crippen LogP contribution in [-0.2, 0) is 12.8 Å². The third-order valence-electron chi connectivity index (χ3n) is 4.58. The fourth-order valence-corrected chi connectivity index (χ4v) is 3.18. The van der Waals surface area contributed by atoms with Gasteiger partial charge in [0.2, 0.25) is 0 Å². The van der Waals surface area contributed by atoms with Gasteiger partial charge in [0.1, 0.15) is 0 Å². The van der Waals surface area contributed by atoms with E-state index >= 15 is 0 Å². The van der Waals surface area contributed by atoms with Crippen molar-refractivity contribution in [2.45, 2.75) is 40.0 Å². The second-order valence-corrected chi connectivity index (χ2v) is 6.23. The molecular weight excluding hydrogens is 294 g/mol. The Morgan fingerprint density at radius 1 is 1.00 bits per heavy atom. The molecule has 0 saturated heterocycles. The first-order valence-corrected chi connectivity index (χ1v) is 8.73. The number of hydrogen-bond acceptors (Lipinski definition) is 3. The standard InChI is InChI=1S/C21H25N3/c1-4-18-16(3)21(17-10-5-6-11-20(17)24-18)23-14-8-12-19-15(2)9-7-13-22-19/h5-7,9-11,13H,4,8,12,14H2,1-3H3,(H,23,24). The highest BCUT2D eigenvalue weighted by molar-refractivity contribution is 5.93. The summed E-state index contributed by atoms with van der Waals surface area (Å²) in [6.45, 7) is 7.40. The summed E-state index contributed by atoms with van der Waals surface area (Å²) in [5.41, 5.74) is 7.22. The van der Waals surface area contributed by atoms with Crippen molar-refractivity contribution in [2.75, 3.05) is 11.9 Å². The van der Waals surface area contributed by atoms with Gasteiger partial charge in [-0.15, -0.1) is 0 Å². The second kappa shape index (κ2) is 7.43. The first kappa shape index (κ1) is 16.4. The largest absolute Gasteiger partial charge is 0.384 e. The minimum absolute atomic E-state index is 0.939. The zero-order chi connectivity index (χ0) is 16.9. The number of para-hydroxylation sites is 1. The lowest BCUT2D eigenvalue weighted by molar-refractivity contribution is 0.827. The molecule has 0 aliphatic rings. The molecule has 1 aromatic carbocycles. The Kier molecular flexibility index (Phi) is 5.09. The number of rotatable bonds is 6. The van der Waals surface area contributed by atoms with E-state index in [1.54, 1.807) is 0 Å². The van der Waals surface area contributed by atoms with Crippen LogP contribution in [0.25, 0.3) is 10.9 Å². The van der Waals surface area contributed by atoms with Crippen LogP contribution in [0.5, 0.6) is 0 Å². The maximum Gasteiger partial charge on any atom is 0.0726 e. The summed E-state index contributed by atoms with van der Waals surface area (Å²) in [6, 6.07) is 12.5. The third kappa shape index (κ3) is 3.40. The molecule has 0 fully saturated rings. The van der Waals surface area contributed by atoms with Crippen LogP contribution in [0.3, 0.4) is 0 Å². The predicted molar refractivity (Wildman–Crippen MR) is 102 cm³/mol. The molecule has 2 aromatic heterocycles. The van der Waals surface area contributed by atoms with Crippen molar-refractivity contribution in [3.8, 4) is 0 Å². The zero-order valence-electron chi connectivity index (χ0n) is 14.8. The molecule has 0 saturated carbocycles. The van der Waals surface area contributed by atoms with Crippen LogP contribution in [0.1, 0.15) is 35.9 Å². The number of aromatic nitrogens is 2. The monoisotopic (exact) mass is 319 g/mol. The van der Waals surface area contributed by atoms with Gasteiger partial charge in [-0.1, -0.05) is 31.2 Å². The SMILES string of the molecule is CCc1nc2ccccc2c(NCCCc2ncccc2C)c1C. The van der Waals surface area contributed by atoms with Gasteiger partial charge in [0.25, 0.3) is 0 Å². The molecule has 0 amide bonds. The summed E-state index contributed by atoms with van der Waals surface area (Å²) in [7, 11) is 0. The van der Waals surface area contributed by atoms with Gasteiger partial charge in [-0.05, 0) is 56.4 Å². The average Bonchev–Trinajstić information content (AvgIpc) is 2.61. The Balaban J connectivity index is 1.75. The molecule has 1 N–H and O–H groups in total. The number of nitrogens with zero attached hydrogens (tertiary/aromatic N) is 2. The Morgan fingerprint density at radius 3 is 2.62 bits per heavy atom. The van der Waals surface area contributed by atoms with E-state index in [4.69, 9.17) is 4.98 Å². The molecule has 3 aromatic rings. The number of hydrogen-bond donors (Lipinski definition) is 1. The lowest BCUT2D eigenvalue weighted by atomic mass is 10.0. The van der Waals surface area contributed by atoms with Crippen LogP contribution >= 0.6 is 0 Å². The fourth-order valence-electron chi connectivity index (χ4n) is 3.18. The molecule has 124 valence electrons. The lowest BCUT2D eigenvalue weighted by Gasteiger charge is -2.15. The number of fused-ring (bicyclic) bond motifs is 1. The van der Waals surface area contributed by atoms with Gasteiger partial charge in [-0.25, -0.2) is 0 Å². The van der Waals surface area contributed by atoms with Gasteiger partial charge in [-0.3, -0.25) is 9.97 Å². The first-order chi connectivity index (χ1) is 11.7. The van der Waals surface area contributed by atoms with Crippen molar-refractivity contribution in [1.82, 2.24) is 9.97 Å². The molecule has 0 spiro atoms. The Hall–Kier alpha value is -2.42. The van der Waals surface area contributed by atoms with E-state index in [0.717, 1.165) is 31.3 Å². The van der Waals surface area contributed by atoms with Gasteiger partial charge in [-0.2, -0.15) is 0 Å². The number of aryl methyl sites for hydroxylation is 3. The van der Waals surface area contributed by atoms with E-state index in [1.807, 2.05) is 12.3 Å². The van der Waals surface area contributed by atoms with Crippen LogP contribution in [0.2, 0.25) is 0 Å². The highest BCUT2D eigenvalue weighted by Gasteiger charge is 2.10. The molecule has 0 radical (unpaired) electrons. The molecular formula is C21H25N3. The van der Waals surface area contributed by atoms with Gasteiger partial charge >= 0.3 is 0 Å². The van der Waals surface area contributed by atoms with E-state index in [1.165, 1.54) is 33.6 Å². The van der Waals surface area contributed by atoms with Crippen LogP contribution in [0.15, 0.2) is 42.6 Å². The van der Waals surface area contributed by atoms with Crippen molar-refractivity contribution < 1.29 is 0 Å². The van der Waals surface area contributed by atoms with Gasteiger partial charge < -0.3 is 5.32 Å². The molecule has 3 heteroatoms. The third-order valence-corrected chi connectivity index (χ3v) is 4.58. The van der Waals surface area contributed by atoms with Gasteiger partial charge in [0.05, 0.1) is 5.52 Å². The Morgan fingerprint density at radius 2 is 1.83 bits per heavy atom. The maximum atomic E-state index is 4.79. The van der Waals surface area contributed by atoms with Crippen LogP contribution in [0, 0.1) is 13.8 Å². The predicted octanol–water partition coefficient (Wildman–Crippen LogP) is 4.85. The number of nitrogens with one attached hydrogen (secondary N) is 1. The summed E-state index contributed by atoms with van der Waals surface area (Å²) in [6.07, 6.45) is 4.90. The van der Waals surface area contributed by atoms with E-state index in [9.17, 15) is 0 Å². The molecule has 0 atom stereocenters. The van der Waals surface area contributed by atoms with Crippen molar-refractivity contribution >= 4 is 16.6 Å². The minimum Gasteiger partial charge on any atom is -0.384 e. The number of pyridine rings is 2. The quantitative estimate of drug-likeness (QED) is 0.660. The highest BCUT2D eigenvalue weighted by atomic mass is 14.9. The van der Waals surface area contributed by atoms with Crippen molar-refractivity contribution in [3.05, 3.63) is 65.1 Å². The summed E-state index contributed by atoms with van der Waals surface area (Å²) in [5, 5.41) is 4.86. The summed E-state index contributed by atoms with van der Waals surface area (Å²) in [5.74, 6) is 0. The smallest absolute Gasteiger partial charge is 0.0726 e. The molecule has 24 heavy (non-hydrogen) atoms. The Bertz CT molecular complexity index is 840. The average molecular weight is 319 g/mol. The fraction of sp³-hybridized carbons (Fsp3) is 0.333. The van der Waals surface area contributed by atoms with E-state index in [-0.39, 0.29) is 0 Å². The van der Waals surface area contributed by atoms with Crippen molar-refractivity contribution in [3.63, 3.8) is 0 Å². The maximum absolute atomic E-state index is 4.79. The number of anilines is 1. The van der Waals surface area contributed by atoms with Crippen molar-refractivity contribution in [2.24, 2.45) is 0 Å². The molecule has 0 unspecified atom stereocenters. The van der Waals surface area contributed by atoms with E-state index < -0.39 is 0 Å². The molecule has 0 aliphatic carbocycles. The minimum atomic E-state index is 0.939. The van der Waals surface area contributed by atoms with Crippen molar-refractivity contribution in [1.29, 1.82) is 0 Å². The molecule has 3 rings (SSSR count). The van der Waals surface area contributed by atoms with Crippen LogP contribution < -0.4 is 5.32 Å². The summed E-state index contributed by atoms with van der Waals surface area (Å²) in [4.78, 5) is 9.27. The second-order valence-electron chi connectivity index (χ2n) is 6.23. The van der Waals surface area contributed by atoms with Gasteiger partial charge in [0, 0.05) is 35.2 Å². The molecule has 0 bridgehead atoms. The first-order valence-electron chi connectivity index (χ1n) is 8.73. The van der Waals surface area contributed by atoms with Crippen LogP contribution in [0.4, 0.5) is 5.69 Å². The molecule has 2 heterocycles. The summed E-state index contributed by atoms with van der Waals surface area (Å²) < 4.78 is 0. The van der Waals surface area contributed by atoms with E-state index in [2.05, 4.69) is 61.4 Å². The Labute approximate surface area is 144 Å². The normalized spacial score (nSPS) is 11.0.